The van der Waals surface area contributed by atoms with E-state index in [1.165, 1.54) is 24.3 Å². The molecule has 4 aromatic carbocycles. The van der Waals surface area contributed by atoms with Crippen LogP contribution in [0.3, 0.4) is 0 Å². The Labute approximate surface area is 351 Å². The van der Waals surface area contributed by atoms with Gasteiger partial charge in [-0.15, -0.1) is 0 Å². The van der Waals surface area contributed by atoms with Crippen molar-refractivity contribution in [3.8, 4) is 22.5 Å². The SMILES string of the molecule is O=Cc1ccccc1-c1c2cc(S(=O)(=O)O)/c(=N/Cc3ccc(S(=O)(=O)O)cc3S(=O)(=O)O)cc-2oc2cc(NCc3ccc(S(=O)(=O)O)cc3S(=O)(=O)O)c(S(=O)(=O)O)cc12. The van der Waals surface area contributed by atoms with Crippen molar-refractivity contribution in [1.29, 1.82) is 0 Å². The van der Waals surface area contributed by atoms with E-state index in [-0.39, 0.29) is 44.5 Å². The molecule has 328 valence electrons. The van der Waals surface area contributed by atoms with Crippen LogP contribution < -0.4 is 10.7 Å². The van der Waals surface area contributed by atoms with E-state index in [0.29, 0.717) is 18.4 Å². The number of nitrogens with one attached hydrogen (secondary N) is 1. The van der Waals surface area contributed by atoms with Gasteiger partial charge in [0, 0.05) is 40.8 Å². The molecule has 0 spiro atoms. The lowest BCUT2D eigenvalue weighted by Gasteiger charge is -2.20. The number of aldehydes is 1. The second-order valence-corrected chi connectivity index (χ2v) is 21.3. The van der Waals surface area contributed by atoms with E-state index in [2.05, 4.69) is 10.3 Å². The molecule has 1 aliphatic carbocycles. The first-order valence-corrected chi connectivity index (χ1v) is 25.1. The third-order valence-corrected chi connectivity index (χ3v) is 14.3. The predicted octanol–water partition coefficient (Wildman–Crippen LogP) is 3.21. The molecule has 22 nitrogen and oxygen atoms in total. The molecule has 0 unspecified atom stereocenters. The summed E-state index contributed by atoms with van der Waals surface area (Å²) >= 11 is 0. The highest BCUT2D eigenvalue weighted by Gasteiger charge is 2.28. The van der Waals surface area contributed by atoms with Crippen molar-refractivity contribution in [2.45, 2.75) is 42.5 Å². The Morgan fingerprint density at radius 3 is 1.61 bits per heavy atom. The van der Waals surface area contributed by atoms with E-state index in [0.717, 1.165) is 48.5 Å². The molecule has 1 heterocycles. The summed E-state index contributed by atoms with van der Waals surface area (Å²) in [7, 11) is -30.9. The number of hydrogen-bond acceptors (Lipinski definition) is 16. The lowest BCUT2D eigenvalue weighted by molar-refractivity contribution is 0.112. The maximum absolute atomic E-state index is 12.9. The third-order valence-electron chi connectivity index (χ3n) is 8.93. The van der Waals surface area contributed by atoms with Gasteiger partial charge in [0.15, 0.2) is 6.29 Å². The Hall–Kier alpha value is -5.50. The number of carbonyl (C=O) groups is 1. The predicted molar refractivity (Wildman–Crippen MR) is 212 cm³/mol. The van der Waals surface area contributed by atoms with Gasteiger partial charge in [0.2, 0.25) is 0 Å². The molecular formula is C34H26N2O20S6. The zero-order valence-electron chi connectivity index (χ0n) is 30.4. The van der Waals surface area contributed by atoms with Gasteiger partial charge < -0.3 is 9.73 Å². The van der Waals surface area contributed by atoms with E-state index in [1.807, 2.05) is 0 Å². The maximum Gasteiger partial charge on any atom is 0.296 e. The van der Waals surface area contributed by atoms with Crippen molar-refractivity contribution < 1.29 is 87.0 Å². The maximum atomic E-state index is 12.9. The largest absolute Gasteiger partial charge is 0.456 e. The number of benzene rings is 5. The van der Waals surface area contributed by atoms with Crippen molar-refractivity contribution in [2.24, 2.45) is 4.99 Å². The number of anilines is 1. The van der Waals surface area contributed by atoms with Gasteiger partial charge in [0.1, 0.15) is 30.9 Å². The number of carbonyl (C=O) groups excluding carboxylic acids is 1. The quantitative estimate of drug-likeness (QED) is 0.0496. The molecule has 0 atom stereocenters. The van der Waals surface area contributed by atoms with Crippen molar-refractivity contribution in [3.63, 3.8) is 0 Å². The van der Waals surface area contributed by atoms with Crippen molar-refractivity contribution in [3.05, 3.63) is 107 Å². The minimum atomic E-state index is -5.30. The van der Waals surface area contributed by atoms with Crippen LogP contribution in [0.5, 0.6) is 0 Å². The first-order chi connectivity index (χ1) is 28.5. The monoisotopic (exact) mass is 974 g/mol. The van der Waals surface area contributed by atoms with Crippen LogP contribution in [-0.2, 0) is 73.8 Å². The summed E-state index contributed by atoms with van der Waals surface area (Å²) in [5, 5.41) is 1.67. The van der Waals surface area contributed by atoms with E-state index in [4.69, 9.17) is 4.42 Å². The van der Waals surface area contributed by atoms with Crippen LogP contribution in [0.15, 0.2) is 124 Å². The first kappa shape index (κ1) is 46.0. The van der Waals surface area contributed by atoms with Crippen LogP contribution in [0.2, 0.25) is 0 Å². The highest BCUT2D eigenvalue weighted by Crippen LogP contribution is 2.44. The molecule has 0 fully saturated rings. The van der Waals surface area contributed by atoms with Crippen LogP contribution in [0, 0.1) is 0 Å². The van der Waals surface area contributed by atoms with E-state index in [1.54, 1.807) is 0 Å². The molecule has 4 aromatic rings. The fourth-order valence-electron chi connectivity index (χ4n) is 6.24. The lowest BCUT2D eigenvalue weighted by Crippen LogP contribution is -2.17. The summed E-state index contributed by atoms with van der Waals surface area (Å²) in [6, 6.07) is 13.1. The number of rotatable bonds is 13. The molecular weight excluding hydrogens is 949 g/mol. The van der Waals surface area contributed by atoms with Crippen molar-refractivity contribution >= 4 is 83.7 Å². The van der Waals surface area contributed by atoms with Gasteiger partial charge in [-0.25, -0.2) is 0 Å². The highest BCUT2D eigenvalue weighted by molar-refractivity contribution is 7.87. The minimum Gasteiger partial charge on any atom is -0.456 e. The smallest absolute Gasteiger partial charge is 0.296 e. The zero-order valence-corrected chi connectivity index (χ0v) is 35.3. The summed E-state index contributed by atoms with van der Waals surface area (Å²) in [5.74, 6) is -0.323. The molecule has 0 bridgehead atoms. The molecule has 1 aliphatic heterocycles. The van der Waals surface area contributed by atoms with E-state index in [9.17, 15) is 82.6 Å². The van der Waals surface area contributed by atoms with Crippen molar-refractivity contribution in [2.75, 3.05) is 5.32 Å². The molecule has 6 rings (SSSR count). The van der Waals surface area contributed by atoms with Gasteiger partial charge in [-0.3, -0.25) is 37.1 Å². The number of hydrogen-bond donors (Lipinski definition) is 7. The summed E-state index contributed by atoms with van der Waals surface area (Å²) in [4.78, 5) is 10.5. The molecule has 28 heteroatoms. The van der Waals surface area contributed by atoms with Crippen LogP contribution in [0.25, 0.3) is 33.4 Å². The van der Waals surface area contributed by atoms with Crippen molar-refractivity contribution in [1.82, 2.24) is 0 Å². The van der Waals surface area contributed by atoms with Gasteiger partial charge >= 0.3 is 0 Å². The van der Waals surface area contributed by atoms with Gasteiger partial charge in [0.05, 0.1) is 27.4 Å². The summed E-state index contributed by atoms with van der Waals surface area (Å²) in [6.07, 6.45) is 0.393. The van der Waals surface area contributed by atoms with Gasteiger partial charge in [-0.05, 0) is 53.1 Å². The van der Waals surface area contributed by atoms with E-state index >= 15 is 0 Å². The summed E-state index contributed by atoms with van der Waals surface area (Å²) < 4.78 is 212. The molecule has 0 saturated heterocycles. The molecule has 0 aromatic heterocycles. The summed E-state index contributed by atoms with van der Waals surface area (Å²) in [5.41, 5.74) is -2.08. The fraction of sp³-hybridized carbons (Fsp3) is 0.0588. The number of fused-ring (bicyclic) bond motifs is 2. The van der Waals surface area contributed by atoms with E-state index < -0.39 is 120 Å². The van der Waals surface area contributed by atoms with Gasteiger partial charge in [-0.2, -0.15) is 50.5 Å². The van der Waals surface area contributed by atoms with Crippen LogP contribution in [0.4, 0.5) is 5.69 Å². The average Bonchev–Trinajstić information content (AvgIpc) is 3.15. The van der Waals surface area contributed by atoms with Crippen LogP contribution in [0.1, 0.15) is 21.5 Å². The van der Waals surface area contributed by atoms with Gasteiger partial charge in [0.25, 0.3) is 60.7 Å². The van der Waals surface area contributed by atoms with Crippen LogP contribution in [-0.4, -0.2) is 84.1 Å². The Morgan fingerprint density at radius 2 is 1.08 bits per heavy atom. The minimum absolute atomic E-state index is 0.00899. The second kappa shape index (κ2) is 16.0. The van der Waals surface area contributed by atoms with Gasteiger partial charge in [-0.1, -0.05) is 36.4 Å². The molecule has 0 saturated carbocycles. The fourth-order valence-corrected chi connectivity index (χ4v) is 10.2. The Bertz CT molecular complexity index is 3620. The Balaban J connectivity index is 1.66. The Kier molecular flexibility index (Phi) is 11.9. The molecule has 0 amide bonds. The first-order valence-electron chi connectivity index (χ1n) is 16.5. The average molecular weight is 975 g/mol. The molecule has 7 N–H and O–H groups in total. The summed E-state index contributed by atoms with van der Waals surface area (Å²) in [6.45, 7) is -1.56. The lowest BCUT2D eigenvalue weighted by atomic mass is 9.91. The highest BCUT2D eigenvalue weighted by atomic mass is 32.2. The normalized spacial score (nSPS) is 13.4. The standard InChI is InChI=1S/C34H26N2O20S6/c37-17-20-3-1-2-4-23(20)34-24-11-32(61(50,51)52)26(35-15-18-5-7-21(57(38,39)40)9-30(18)59(44,45)46)13-28(24)56-29-14-27(33(12-25(29)34)62(53,54)55)36-16-19-6-8-22(58(41,42)43)10-31(19)60(47,48)49/h1-14,17,35H,15-16H2,(H,38,39,40)(H,41,42,43)(H,44,45,46)(H,47,48,49)(H,50,51,52)(H,53,54,55)/b36-27+. The molecule has 62 heavy (non-hydrogen) atoms. The number of nitrogens with zero attached hydrogens (tertiary/aromatic N) is 1. The molecule has 2 aliphatic rings. The second-order valence-electron chi connectivity index (χ2n) is 12.9. The third kappa shape index (κ3) is 9.60. The zero-order chi connectivity index (χ0) is 46.0. The Morgan fingerprint density at radius 1 is 0.548 bits per heavy atom. The topological polar surface area (TPSA) is 381 Å². The van der Waals surface area contributed by atoms with Crippen LogP contribution >= 0.6 is 0 Å². The molecule has 0 radical (unpaired) electrons.